The first kappa shape index (κ1) is 17.1. The van der Waals surface area contributed by atoms with E-state index in [9.17, 15) is 0 Å². The maximum absolute atomic E-state index is 6.22. The van der Waals surface area contributed by atoms with Gasteiger partial charge in [0, 0.05) is 16.6 Å². The molecule has 1 aliphatic heterocycles. The molecule has 2 heterocycles. The number of hydrogen-bond acceptors (Lipinski definition) is 5. The zero-order chi connectivity index (χ0) is 18.1. The summed E-state index contributed by atoms with van der Waals surface area (Å²) in [5, 5.41) is 1.93. The molecule has 7 heteroatoms. The number of aliphatic imine (C=N–C) groups is 1. The molecule has 4 rings (SSSR count). The van der Waals surface area contributed by atoms with Gasteiger partial charge < -0.3 is 9.57 Å². The first-order chi connectivity index (χ1) is 12.6. The fourth-order valence-corrected chi connectivity index (χ4v) is 3.14. The Morgan fingerprint density at radius 1 is 1.15 bits per heavy atom. The van der Waals surface area contributed by atoms with E-state index < -0.39 is 0 Å². The molecule has 1 aliphatic rings. The zero-order valence-electron chi connectivity index (χ0n) is 13.9. The molecule has 5 nitrogen and oxygen atoms in total. The number of aryl methyl sites for hydroxylation is 1. The van der Waals surface area contributed by atoms with E-state index >= 15 is 0 Å². The van der Waals surface area contributed by atoms with Crippen LogP contribution in [0.2, 0.25) is 10.0 Å². The standard InChI is InChI=1S/C19H15Cl2N3O2/c1-11-3-2-4-15(5-11)25-10-17-23-19(26-24-17)16-8-13(20)6-12-7-14(21)9-22-18(12)16/h2-9,17,24H,10H2,1H3. The van der Waals surface area contributed by atoms with Crippen molar-refractivity contribution in [2.45, 2.75) is 13.1 Å². The molecule has 0 saturated carbocycles. The number of nitrogens with zero attached hydrogens (tertiary/aromatic N) is 2. The van der Waals surface area contributed by atoms with Crippen molar-refractivity contribution in [3.63, 3.8) is 0 Å². The lowest BCUT2D eigenvalue weighted by molar-refractivity contribution is 0.146. The molecule has 1 atom stereocenters. The van der Waals surface area contributed by atoms with Gasteiger partial charge in [-0.15, -0.1) is 5.48 Å². The lowest BCUT2D eigenvalue weighted by Gasteiger charge is -2.09. The maximum Gasteiger partial charge on any atom is 0.244 e. The number of ether oxygens (including phenoxy) is 1. The van der Waals surface area contributed by atoms with Crippen molar-refractivity contribution in [2.24, 2.45) is 4.99 Å². The van der Waals surface area contributed by atoms with Crippen LogP contribution in [0.1, 0.15) is 11.1 Å². The average Bonchev–Trinajstić information content (AvgIpc) is 3.08. The number of hydrogen-bond donors (Lipinski definition) is 1. The number of hydroxylamine groups is 1. The Morgan fingerprint density at radius 2 is 2.00 bits per heavy atom. The summed E-state index contributed by atoms with van der Waals surface area (Å²) in [7, 11) is 0. The monoisotopic (exact) mass is 387 g/mol. The predicted octanol–water partition coefficient (Wildman–Crippen LogP) is 4.54. The van der Waals surface area contributed by atoms with Gasteiger partial charge in [-0.05, 0) is 42.8 Å². The molecular weight excluding hydrogens is 373 g/mol. The van der Waals surface area contributed by atoms with Crippen molar-refractivity contribution >= 4 is 40.0 Å². The van der Waals surface area contributed by atoms with Crippen molar-refractivity contribution in [1.29, 1.82) is 0 Å². The second-order valence-electron chi connectivity index (χ2n) is 5.98. The van der Waals surface area contributed by atoms with Crippen molar-refractivity contribution in [3.05, 3.63) is 69.8 Å². The molecule has 0 saturated heterocycles. The van der Waals surface area contributed by atoms with E-state index in [-0.39, 0.29) is 6.17 Å². The summed E-state index contributed by atoms with van der Waals surface area (Å²) < 4.78 is 5.77. The minimum Gasteiger partial charge on any atom is -0.490 e. The van der Waals surface area contributed by atoms with Crippen molar-refractivity contribution < 1.29 is 9.57 Å². The smallest absolute Gasteiger partial charge is 0.244 e. The molecule has 0 aliphatic carbocycles. The fraction of sp³-hybridized carbons (Fsp3) is 0.158. The molecule has 1 N–H and O–H groups in total. The molecule has 3 aromatic rings. The Kier molecular flexibility index (Phi) is 4.68. The number of benzene rings is 2. The molecule has 0 radical (unpaired) electrons. The van der Waals surface area contributed by atoms with Crippen LogP contribution in [0.5, 0.6) is 5.75 Å². The molecule has 0 bridgehead atoms. The van der Waals surface area contributed by atoms with Crippen molar-refractivity contribution in [3.8, 4) is 5.75 Å². The van der Waals surface area contributed by atoms with Gasteiger partial charge in [0.2, 0.25) is 5.90 Å². The Balaban J connectivity index is 1.57. The molecule has 1 unspecified atom stereocenters. The normalized spacial score (nSPS) is 16.4. The summed E-state index contributed by atoms with van der Waals surface area (Å²) in [4.78, 5) is 14.5. The summed E-state index contributed by atoms with van der Waals surface area (Å²) in [6, 6.07) is 13.2. The molecule has 1 aromatic heterocycles. The maximum atomic E-state index is 6.22. The lowest BCUT2D eigenvalue weighted by atomic mass is 10.1. The van der Waals surface area contributed by atoms with Gasteiger partial charge in [-0.2, -0.15) is 0 Å². The van der Waals surface area contributed by atoms with E-state index in [1.54, 1.807) is 24.4 Å². The Bertz CT molecular complexity index is 1000. The quantitative estimate of drug-likeness (QED) is 0.713. The Hall–Kier alpha value is -2.34. The number of pyridine rings is 1. The minimum absolute atomic E-state index is 0.327. The minimum atomic E-state index is -0.327. The van der Waals surface area contributed by atoms with Gasteiger partial charge in [0.05, 0.1) is 16.1 Å². The highest BCUT2D eigenvalue weighted by Crippen LogP contribution is 2.26. The summed E-state index contributed by atoms with van der Waals surface area (Å²) in [6.07, 6.45) is 1.26. The molecule has 0 fully saturated rings. The Morgan fingerprint density at radius 3 is 2.85 bits per heavy atom. The molecule has 26 heavy (non-hydrogen) atoms. The predicted molar refractivity (Wildman–Crippen MR) is 103 cm³/mol. The highest BCUT2D eigenvalue weighted by Gasteiger charge is 2.23. The number of halogens is 2. The third kappa shape index (κ3) is 3.60. The molecule has 0 amide bonds. The second kappa shape index (κ2) is 7.11. The molecule has 132 valence electrons. The van der Waals surface area contributed by atoms with Crippen LogP contribution in [0.4, 0.5) is 0 Å². The van der Waals surface area contributed by atoms with Crippen LogP contribution >= 0.6 is 23.2 Å². The summed E-state index contributed by atoms with van der Waals surface area (Å²) in [6.45, 7) is 2.36. The van der Waals surface area contributed by atoms with Gasteiger partial charge in [-0.25, -0.2) is 4.99 Å². The first-order valence-corrected chi connectivity index (χ1v) is 8.79. The zero-order valence-corrected chi connectivity index (χ0v) is 15.4. The van der Waals surface area contributed by atoms with Gasteiger partial charge in [0.25, 0.3) is 0 Å². The third-order valence-electron chi connectivity index (χ3n) is 3.91. The molecular formula is C19H15Cl2N3O2. The van der Waals surface area contributed by atoms with E-state index in [2.05, 4.69) is 15.5 Å². The highest BCUT2D eigenvalue weighted by atomic mass is 35.5. The van der Waals surface area contributed by atoms with Crippen LogP contribution in [0.3, 0.4) is 0 Å². The van der Waals surface area contributed by atoms with Gasteiger partial charge in [-0.1, -0.05) is 35.3 Å². The Labute approximate surface area is 160 Å². The van der Waals surface area contributed by atoms with Crippen molar-refractivity contribution in [2.75, 3.05) is 6.61 Å². The number of nitrogens with one attached hydrogen (secondary N) is 1. The van der Waals surface area contributed by atoms with Gasteiger partial charge in [0.15, 0.2) is 6.17 Å². The summed E-state index contributed by atoms with van der Waals surface area (Å²) in [5.41, 5.74) is 5.42. The van der Waals surface area contributed by atoms with E-state index in [1.165, 1.54) is 0 Å². The van der Waals surface area contributed by atoms with Crippen molar-refractivity contribution in [1.82, 2.24) is 10.5 Å². The average molecular weight is 388 g/mol. The largest absolute Gasteiger partial charge is 0.490 e. The van der Waals surface area contributed by atoms with Gasteiger partial charge in [0.1, 0.15) is 12.4 Å². The number of fused-ring (bicyclic) bond motifs is 1. The second-order valence-corrected chi connectivity index (χ2v) is 6.85. The summed E-state index contributed by atoms with van der Waals surface area (Å²) in [5.74, 6) is 1.21. The third-order valence-corrected chi connectivity index (χ3v) is 4.33. The lowest BCUT2D eigenvalue weighted by Crippen LogP contribution is -2.27. The SMILES string of the molecule is Cc1cccc(OCC2N=C(c3cc(Cl)cc4cc(Cl)cnc34)ON2)c1. The van der Waals surface area contributed by atoms with Crippen LogP contribution in [-0.2, 0) is 4.84 Å². The van der Waals surface area contributed by atoms with Crippen LogP contribution in [0, 0.1) is 6.92 Å². The van der Waals surface area contributed by atoms with Crippen LogP contribution in [0.25, 0.3) is 10.9 Å². The van der Waals surface area contributed by atoms with Crippen LogP contribution < -0.4 is 10.2 Å². The van der Waals surface area contributed by atoms with Crippen LogP contribution in [0.15, 0.2) is 53.7 Å². The highest BCUT2D eigenvalue weighted by molar-refractivity contribution is 6.33. The van der Waals surface area contributed by atoms with E-state index in [1.807, 2.05) is 31.2 Å². The van der Waals surface area contributed by atoms with E-state index in [0.717, 1.165) is 22.2 Å². The van der Waals surface area contributed by atoms with Gasteiger partial charge >= 0.3 is 0 Å². The first-order valence-electron chi connectivity index (χ1n) is 8.03. The van der Waals surface area contributed by atoms with E-state index in [4.69, 9.17) is 32.8 Å². The van der Waals surface area contributed by atoms with Crippen LogP contribution in [-0.4, -0.2) is 23.7 Å². The topological polar surface area (TPSA) is 55.7 Å². The number of rotatable bonds is 4. The van der Waals surface area contributed by atoms with Gasteiger partial charge in [-0.3, -0.25) is 4.98 Å². The number of aromatic nitrogens is 1. The summed E-state index contributed by atoms with van der Waals surface area (Å²) >= 11 is 12.2. The molecule has 2 aromatic carbocycles. The fourth-order valence-electron chi connectivity index (χ4n) is 2.74. The molecule has 0 spiro atoms. The van der Waals surface area contributed by atoms with E-state index in [0.29, 0.717) is 28.1 Å².